The maximum atomic E-state index is 12.3. The van der Waals surface area contributed by atoms with Gasteiger partial charge in [0.25, 0.3) is 0 Å². The van der Waals surface area contributed by atoms with Gasteiger partial charge in [-0.25, -0.2) is 4.68 Å². The second-order valence-electron chi connectivity index (χ2n) is 5.85. The van der Waals surface area contributed by atoms with E-state index in [4.69, 9.17) is 10.00 Å². The molecular weight excluding hydrogens is 292 g/mol. The van der Waals surface area contributed by atoms with Crippen LogP contribution in [0.25, 0.3) is 0 Å². The molecule has 1 amide bonds. The van der Waals surface area contributed by atoms with Crippen LogP contribution in [0.3, 0.4) is 0 Å². The molecule has 1 N–H and O–H groups in total. The number of nitrogens with one attached hydrogen (secondary N) is 1. The lowest BCUT2D eigenvalue weighted by Crippen LogP contribution is -2.38. The lowest BCUT2D eigenvalue weighted by molar-refractivity contribution is -0.125. The molecule has 6 heteroatoms. The van der Waals surface area contributed by atoms with Gasteiger partial charge in [0.1, 0.15) is 6.73 Å². The summed E-state index contributed by atoms with van der Waals surface area (Å²) in [4.78, 5) is 12.3. The van der Waals surface area contributed by atoms with Gasteiger partial charge in [-0.15, -0.1) is 0 Å². The SMILES string of the molecule is CCOCn1nc(C)c(CC(C)C(=O)NC(CC)CC#N)c1C. The predicted octanol–water partition coefficient (Wildman–Crippen LogP) is 2.48. The highest BCUT2D eigenvalue weighted by atomic mass is 16.5. The fraction of sp³-hybridized carbons (Fsp3) is 0.706. The highest BCUT2D eigenvalue weighted by molar-refractivity contribution is 5.79. The molecule has 0 bridgehead atoms. The topological polar surface area (TPSA) is 79.9 Å². The van der Waals surface area contributed by atoms with E-state index in [1.54, 1.807) is 0 Å². The van der Waals surface area contributed by atoms with E-state index < -0.39 is 0 Å². The van der Waals surface area contributed by atoms with Gasteiger partial charge in [0, 0.05) is 24.3 Å². The zero-order valence-corrected chi connectivity index (χ0v) is 14.8. The third-order valence-electron chi connectivity index (χ3n) is 4.08. The summed E-state index contributed by atoms with van der Waals surface area (Å²) in [7, 11) is 0. The Kier molecular flexibility index (Phi) is 7.76. The van der Waals surface area contributed by atoms with Crippen molar-refractivity contribution in [1.82, 2.24) is 15.1 Å². The fourth-order valence-corrected chi connectivity index (χ4v) is 2.48. The average molecular weight is 320 g/mol. The first kappa shape index (κ1) is 19.2. The standard InChI is InChI=1S/C17H28N4O2/c1-6-15(8-9-18)19-17(22)12(3)10-16-13(4)20-21(14(16)5)11-23-7-2/h12,15H,6-8,10-11H2,1-5H3,(H,19,22). The highest BCUT2D eigenvalue weighted by Crippen LogP contribution is 2.18. The Morgan fingerprint density at radius 3 is 2.70 bits per heavy atom. The third-order valence-corrected chi connectivity index (χ3v) is 4.08. The maximum Gasteiger partial charge on any atom is 0.223 e. The van der Waals surface area contributed by atoms with Gasteiger partial charge in [0.05, 0.1) is 18.2 Å². The van der Waals surface area contributed by atoms with Gasteiger partial charge in [0.2, 0.25) is 5.91 Å². The van der Waals surface area contributed by atoms with Gasteiger partial charge in [-0.2, -0.15) is 10.4 Å². The van der Waals surface area contributed by atoms with E-state index >= 15 is 0 Å². The molecule has 0 radical (unpaired) electrons. The molecule has 0 saturated heterocycles. The van der Waals surface area contributed by atoms with Crippen LogP contribution >= 0.6 is 0 Å². The van der Waals surface area contributed by atoms with Crippen LogP contribution in [0.1, 0.15) is 50.6 Å². The number of nitriles is 1. The number of carbonyl (C=O) groups is 1. The number of hydrogen-bond acceptors (Lipinski definition) is 4. The van der Waals surface area contributed by atoms with Crippen molar-refractivity contribution in [1.29, 1.82) is 5.26 Å². The second-order valence-corrected chi connectivity index (χ2v) is 5.85. The Hall–Kier alpha value is -1.87. The molecular formula is C17H28N4O2. The summed E-state index contributed by atoms with van der Waals surface area (Å²) in [5.41, 5.74) is 3.08. The second kappa shape index (κ2) is 9.31. The Labute approximate surface area is 138 Å². The summed E-state index contributed by atoms with van der Waals surface area (Å²) in [5, 5.41) is 16.2. The quantitative estimate of drug-likeness (QED) is 0.758. The van der Waals surface area contributed by atoms with Crippen molar-refractivity contribution in [2.45, 2.75) is 66.7 Å². The molecule has 0 spiro atoms. The summed E-state index contributed by atoms with van der Waals surface area (Å²) >= 11 is 0. The fourth-order valence-electron chi connectivity index (χ4n) is 2.48. The van der Waals surface area contributed by atoms with Gasteiger partial charge >= 0.3 is 0 Å². The summed E-state index contributed by atoms with van der Waals surface area (Å²) in [6.45, 7) is 10.9. The summed E-state index contributed by atoms with van der Waals surface area (Å²) < 4.78 is 7.24. The van der Waals surface area contributed by atoms with Crippen molar-refractivity contribution in [3.05, 3.63) is 17.0 Å². The minimum atomic E-state index is -0.162. The van der Waals surface area contributed by atoms with Crippen molar-refractivity contribution >= 4 is 5.91 Å². The molecule has 0 aliphatic rings. The zero-order valence-electron chi connectivity index (χ0n) is 14.8. The number of rotatable bonds is 9. The molecule has 0 aromatic carbocycles. The Bertz CT molecular complexity index is 560. The Balaban J connectivity index is 2.73. The number of carbonyl (C=O) groups excluding carboxylic acids is 1. The van der Waals surface area contributed by atoms with Crippen LogP contribution in [0.15, 0.2) is 0 Å². The van der Waals surface area contributed by atoms with E-state index in [9.17, 15) is 4.79 Å². The molecule has 1 aromatic rings. The molecule has 0 fully saturated rings. The lowest BCUT2D eigenvalue weighted by atomic mass is 9.98. The van der Waals surface area contributed by atoms with Crippen LogP contribution < -0.4 is 5.32 Å². The monoisotopic (exact) mass is 320 g/mol. The van der Waals surface area contributed by atoms with Crippen molar-refractivity contribution in [3.8, 4) is 6.07 Å². The van der Waals surface area contributed by atoms with Crippen LogP contribution in [0.4, 0.5) is 0 Å². The van der Waals surface area contributed by atoms with Crippen molar-refractivity contribution in [2.75, 3.05) is 6.61 Å². The first-order valence-corrected chi connectivity index (χ1v) is 8.22. The normalized spacial score (nSPS) is 13.4. The van der Waals surface area contributed by atoms with Crippen molar-refractivity contribution in [2.24, 2.45) is 5.92 Å². The van der Waals surface area contributed by atoms with Gasteiger partial charge in [-0.1, -0.05) is 13.8 Å². The molecule has 2 atom stereocenters. The first-order chi connectivity index (χ1) is 10.9. The van der Waals surface area contributed by atoms with Gasteiger partial charge in [-0.3, -0.25) is 4.79 Å². The molecule has 6 nitrogen and oxygen atoms in total. The summed E-state index contributed by atoms with van der Waals surface area (Å²) in [5.74, 6) is -0.173. The number of aromatic nitrogens is 2. The van der Waals surface area contributed by atoms with Crippen LogP contribution in [0.2, 0.25) is 0 Å². The molecule has 0 saturated carbocycles. The smallest absolute Gasteiger partial charge is 0.223 e. The van der Waals surface area contributed by atoms with E-state index in [2.05, 4.69) is 16.5 Å². The average Bonchev–Trinajstić information content (AvgIpc) is 2.79. The van der Waals surface area contributed by atoms with Gasteiger partial charge in [0.15, 0.2) is 0 Å². The maximum absolute atomic E-state index is 12.3. The third kappa shape index (κ3) is 5.36. The predicted molar refractivity (Wildman–Crippen MR) is 88.6 cm³/mol. The van der Waals surface area contributed by atoms with E-state index in [1.807, 2.05) is 39.3 Å². The van der Waals surface area contributed by atoms with E-state index in [0.717, 1.165) is 23.4 Å². The number of hydrogen-bond donors (Lipinski definition) is 1. The zero-order chi connectivity index (χ0) is 17.4. The van der Waals surface area contributed by atoms with Crippen molar-refractivity contribution < 1.29 is 9.53 Å². The van der Waals surface area contributed by atoms with Crippen LogP contribution in [0, 0.1) is 31.1 Å². The largest absolute Gasteiger partial charge is 0.360 e. The first-order valence-electron chi connectivity index (χ1n) is 8.22. The van der Waals surface area contributed by atoms with E-state index in [1.165, 1.54) is 0 Å². The lowest BCUT2D eigenvalue weighted by Gasteiger charge is -2.18. The Morgan fingerprint density at radius 1 is 1.43 bits per heavy atom. The van der Waals surface area contributed by atoms with Crippen LogP contribution in [-0.4, -0.2) is 28.3 Å². The van der Waals surface area contributed by atoms with E-state index in [0.29, 0.717) is 26.2 Å². The number of nitrogens with zero attached hydrogens (tertiary/aromatic N) is 3. The summed E-state index contributed by atoms with van der Waals surface area (Å²) in [6.07, 6.45) is 1.74. The molecule has 23 heavy (non-hydrogen) atoms. The minimum Gasteiger partial charge on any atom is -0.360 e. The van der Waals surface area contributed by atoms with Crippen LogP contribution in [-0.2, 0) is 22.7 Å². The molecule has 128 valence electrons. The van der Waals surface area contributed by atoms with Gasteiger partial charge < -0.3 is 10.1 Å². The molecule has 0 aliphatic carbocycles. The molecule has 1 heterocycles. The highest BCUT2D eigenvalue weighted by Gasteiger charge is 2.21. The van der Waals surface area contributed by atoms with Crippen molar-refractivity contribution in [3.63, 3.8) is 0 Å². The molecule has 1 aromatic heterocycles. The molecule has 1 rings (SSSR count). The van der Waals surface area contributed by atoms with E-state index in [-0.39, 0.29) is 17.9 Å². The molecule has 0 aliphatic heterocycles. The minimum absolute atomic E-state index is 0.0107. The Morgan fingerprint density at radius 2 is 2.13 bits per heavy atom. The number of aryl methyl sites for hydroxylation is 1. The number of amides is 1. The summed E-state index contributed by atoms with van der Waals surface area (Å²) in [6, 6.07) is 2.04. The molecule has 2 unspecified atom stereocenters. The van der Waals surface area contributed by atoms with Crippen LogP contribution in [0.5, 0.6) is 0 Å². The number of ether oxygens (including phenoxy) is 1. The van der Waals surface area contributed by atoms with Gasteiger partial charge in [-0.05, 0) is 39.2 Å².